The lowest BCUT2D eigenvalue weighted by Crippen LogP contribution is -2.36. The van der Waals surface area contributed by atoms with Crippen LogP contribution in [0.25, 0.3) is 5.69 Å². The van der Waals surface area contributed by atoms with E-state index in [9.17, 15) is 18.0 Å². The Kier molecular flexibility index (Phi) is 3.87. The van der Waals surface area contributed by atoms with Gasteiger partial charge in [-0.15, -0.1) is 0 Å². The van der Waals surface area contributed by atoms with E-state index in [1.54, 1.807) is 17.4 Å². The highest BCUT2D eigenvalue weighted by Crippen LogP contribution is 2.13. The van der Waals surface area contributed by atoms with Crippen molar-refractivity contribution in [3.05, 3.63) is 36.7 Å². The van der Waals surface area contributed by atoms with Gasteiger partial charge < -0.3 is 10.6 Å². The van der Waals surface area contributed by atoms with Gasteiger partial charge in [-0.2, -0.15) is 28.2 Å². The van der Waals surface area contributed by atoms with Crippen LogP contribution in [0.4, 0.5) is 23.7 Å². The third kappa shape index (κ3) is 3.97. The lowest BCUT2D eigenvalue weighted by atomic mass is 10.3. The Balaban J connectivity index is 1.92. The molecule has 0 spiro atoms. The third-order valence-electron chi connectivity index (χ3n) is 2.22. The summed E-state index contributed by atoms with van der Waals surface area (Å²) in [6, 6.07) is 5.39. The molecule has 0 aliphatic rings. The largest absolute Gasteiger partial charge is 0.405 e. The van der Waals surface area contributed by atoms with Gasteiger partial charge in [0.25, 0.3) is 0 Å². The molecule has 0 saturated heterocycles. The number of anilines is 1. The van der Waals surface area contributed by atoms with E-state index in [2.05, 4.69) is 15.5 Å². The zero-order valence-corrected chi connectivity index (χ0v) is 10.1. The number of hydrogen-bond acceptors (Lipinski definition) is 3. The van der Waals surface area contributed by atoms with Gasteiger partial charge in [-0.05, 0) is 24.3 Å². The van der Waals surface area contributed by atoms with Crippen molar-refractivity contribution < 1.29 is 18.0 Å². The van der Waals surface area contributed by atoms with E-state index in [1.165, 1.54) is 29.3 Å². The minimum Gasteiger partial charge on any atom is -0.329 e. The van der Waals surface area contributed by atoms with E-state index >= 15 is 0 Å². The number of amides is 2. The predicted molar refractivity (Wildman–Crippen MR) is 64.4 cm³/mol. The maximum atomic E-state index is 11.9. The highest BCUT2D eigenvalue weighted by molar-refractivity contribution is 5.89. The number of rotatable bonds is 3. The number of nitrogens with one attached hydrogen (secondary N) is 2. The van der Waals surface area contributed by atoms with Crippen LogP contribution < -0.4 is 10.6 Å². The van der Waals surface area contributed by atoms with E-state index in [0.717, 1.165) is 0 Å². The molecule has 0 bridgehead atoms. The van der Waals surface area contributed by atoms with Gasteiger partial charge in [-0.1, -0.05) is 0 Å². The fraction of sp³-hybridized carbons (Fsp3) is 0.182. The van der Waals surface area contributed by atoms with E-state index in [1.807, 2.05) is 0 Å². The van der Waals surface area contributed by atoms with Gasteiger partial charge in [0.1, 0.15) is 6.54 Å². The molecule has 106 valence electrons. The van der Waals surface area contributed by atoms with Crippen LogP contribution in [0.5, 0.6) is 0 Å². The molecule has 0 fully saturated rings. The molecule has 2 rings (SSSR count). The normalized spacial score (nSPS) is 11.2. The smallest absolute Gasteiger partial charge is 0.329 e. The molecule has 0 saturated carbocycles. The topological polar surface area (TPSA) is 71.8 Å². The summed E-state index contributed by atoms with van der Waals surface area (Å²) in [4.78, 5) is 12.6. The first-order chi connectivity index (χ1) is 9.44. The van der Waals surface area contributed by atoms with Crippen molar-refractivity contribution in [1.82, 2.24) is 20.3 Å². The van der Waals surface area contributed by atoms with Crippen molar-refractivity contribution in [2.75, 3.05) is 11.9 Å². The predicted octanol–water partition coefficient (Wildman–Crippen LogP) is 1.95. The minimum atomic E-state index is -4.44. The first-order valence-corrected chi connectivity index (χ1v) is 5.52. The van der Waals surface area contributed by atoms with Gasteiger partial charge in [0.05, 0.1) is 18.1 Å². The fourth-order valence-electron chi connectivity index (χ4n) is 1.38. The van der Waals surface area contributed by atoms with Crippen LogP contribution in [0.3, 0.4) is 0 Å². The Morgan fingerprint density at radius 1 is 1.15 bits per heavy atom. The number of hydrogen-bond donors (Lipinski definition) is 2. The molecular weight excluding hydrogens is 275 g/mol. The number of benzene rings is 1. The maximum absolute atomic E-state index is 11.9. The number of aromatic nitrogens is 3. The monoisotopic (exact) mass is 285 g/mol. The maximum Gasteiger partial charge on any atom is 0.405 e. The lowest BCUT2D eigenvalue weighted by Gasteiger charge is -2.10. The Morgan fingerprint density at radius 2 is 1.75 bits per heavy atom. The average molecular weight is 285 g/mol. The molecule has 0 atom stereocenters. The number of urea groups is 1. The molecule has 20 heavy (non-hydrogen) atoms. The lowest BCUT2D eigenvalue weighted by molar-refractivity contribution is -0.122. The first kappa shape index (κ1) is 13.8. The number of carbonyl (C=O) groups is 1. The molecule has 0 aliphatic carbocycles. The molecule has 2 aromatic rings. The second kappa shape index (κ2) is 5.59. The second-order valence-electron chi connectivity index (χ2n) is 3.79. The van der Waals surface area contributed by atoms with Crippen molar-refractivity contribution in [3.8, 4) is 5.69 Å². The summed E-state index contributed by atoms with van der Waals surface area (Å²) >= 11 is 0. The molecule has 1 aromatic carbocycles. The molecule has 0 aliphatic heterocycles. The Morgan fingerprint density at radius 3 is 2.30 bits per heavy atom. The summed E-state index contributed by atoms with van der Waals surface area (Å²) in [5.41, 5.74) is 1.02. The number of carbonyl (C=O) groups excluding carboxylic acids is 1. The third-order valence-corrected chi connectivity index (χ3v) is 2.22. The van der Waals surface area contributed by atoms with Gasteiger partial charge in [-0.25, -0.2) is 4.79 Å². The zero-order chi connectivity index (χ0) is 14.6. The summed E-state index contributed by atoms with van der Waals surface area (Å²) in [6.07, 6.45) is -1.42. The summed E-state index contributed by atoms with van der Waals surface area (Å²) in [6.45, 7) is -1.38. The standard InChI is InChI=1S/C11H10F3N5O/c12-11(13,14)7-15-10(20)18-8-1-3-9(4-2-8)19-16-5-6-17-19/h1-6H,7H2,(H2,15,18,20). The van der Waals surface area contributed by atoms with Crippen LogP contribution in [0.15, 0.2) is 36.7 Å². The highest BCUT2D eigenvalue weighted by Gasteiger charge is 2.27. The average Bonchev–Trinajstić information content (AvgIpc) is 2.90. The molecule has 2 amide bonds. The Labute approximate surface area is 111 Å². The number of nitrogens with zero attached hydrogens (tertiary/aromatic N) is 3. The molecule has 1 heterocycles. The van der Waals surface area contributed by atoms with Gasteiger partial charge in [0.2, 0.25) is 0 Å². The fourth-order valence-corrected chi connectivity index (χ4v) is 1.38. The minimum absolute atomic E-state index is 0.362. The summed E-state index contributed by atoms with van der Waals surface area (Å²) in [5, 5.41) is 11.8. The van der Waals surface area contributed by atoms with Crippen LogP contribution >= 0.6 is 0 Å². The second-order valence-corrected chi connectivity index (χ2v) is 3.79. The van der Waals surface area contributed by atoms with Crippen LogP contribution in [-0.4, -0.2) is 33.7 Å². The summed E-state index contributed by atoms with van der Waals surface area (Å²) < 4.78 is 35.7. The van der Waals surface area contributed by atoms with E-state index in [0.29, 0.717) is 11.4 Å². The SMILES string of the molecule is O=C(NCC(F)(F)F)Nc1ccc(-n2nccn2)cc1. The molecule has 6 nitrogen and oxygen atoms in total. The van der Waals surface area contributed by atoms with Crippen LogP contribution in [0, 0.1) is 0 Å². The number of alkyl halides is 3. The van der Waals surface area contributed by atoms with Crippen molar-refractivity contribution in [2.24, 2.45) is 0 Å². The molecule has 9 heteroatoms. The summed E-state index contributed by atoms with van der Waals surface area (Å²) in [7, 11) is 0. The number of halogens is 3. The van der Waals surface area contributed by atoms with Gasteiger partial charge in [0.15, 0.2) is 0 Å². The van der Waals surface area contributed by atoms with Crippen LogP contribution in [0.1, 0.15) is 0 Å². The van der Waals surface area contributed by atoms with Crippen molar-refractivity contribution in [2.45, 2.75) is 6.18 Å². The molecule has 1 aromatic heterocycles. The van der Waals surface area contributed by atoms with Crippen LogP contribution in [-0.2, 0) is 0 Å². The molecule has 2 N–H and O–H groups in total. The van der Waals surface area contributed by atoms with E-state index in [4.69, 9.17) is 0 Å². The van der Waals surface area contributed by atoms with E-state index < -0.39 is 18.8 Å². The Hall–Kier alpha value is -2.58. The van der Waals surface area contributed by atoms with Gasteiger partial charge >= 0.3 is 12.2 Å². The molecular formula is C11H10F3N5O. The molecule has 0 unspecified atom stereocenters. The summed E-state index contributed by atoms with van der Waals surface area (Å²) in [5.74, 6) is 0. The zero-order valence-electron chi connectivity index (χ0n) is 10.1. The van der Waals surface area contributed by atoms with Crippen molar-refractivity contribution in [3.63, 3.8) is 0 Å². The van der Waals surface area contributed by atoms with Gasteiger partial charge in [0, 0.05) is 5.69 Å². The Bertz CT molecular complexity index is 565. The van der Waals surface area contributed by atoms with E-state index in [-0.39, 0.29) is 0 Å². The quantitative estimate of drug-likeness (QED) is 0.905. The van der Waals surface area contributed by atoms with Crippen molar-refractivity contribution >= 4 is 11.7 Å². The first-order valence-electron chi connectivity index (χ1n) is 5.52. The highest BCUT2D eigenvalue weighted by atomic mass is 19.4. The van der Waals surface area contributed by atoms with Gasteiger partial charge in [-0.3, -0.25) is 0 Å². The van der Waals surface area contributed by atoms with Crippen LogP contribution in [0.2, 0.25) is 0 Å². The molecule has 0 radical (unpaired) electrons. The van der Waals surface area contributed by atoms with Crippen molar-refractivity contribution in [1.29, 1.82) is 0 Å².